The van der Waals surface area contributed by atoms with Crippen LogP contribution in [0.15, 0.2) is 72.9 Å². The zero-order valence-electron chi connectivity index (χ0n) is 28.9. The zero-order chi connectivity index (χ0) is 35.0. The van der Waals surface area contributed by atoms with Crippen LogP contribution in [0.3, 0.4) is 0 Å². The molecule has 3 N–H and O–H groups in total. The molecule has 0 saturated heterocycles. The summed E-state index contributed by atoms with van der Waals surface area (Å²) in [5.41, 5.74) is 0. The van der Waals surface area contributed by atoms with Crippen LogP contribution in [0.4, 0.5) is 0 Å². The second-order valence-electron chi connectivity index (χ2n) is 11.8. The van der Waals surface area contributed by atoms with E-state index in [2.05, 4.69) is 73.9 Å². The third-order valence-electron chi connectivity index (χ3n) is 6.79. The summed E-state index contributed by atoms with van der Waals surface area (Å²) in [6, 6.07) is 0. The summed E-state index contributed by atoms with van der Waals surface area (Å²) in [4.78, 5) is 42.5. The molecule has 0 amide bonds. The van der Waals surface area contributed by atoms with Gasteiger partial charge in [-0.25, -0.2) is 4.57 Å². The van der Waals surface area contributed by atoms with Crippen molar-refractivity contribution in [3.05, 3.63) is 72.9 Å². The molecule has 2 atom stereocenters. The maximum absolute atomic E-state index is 12.3. The largest absolute Gasteiger partial charge is 0.469 e. The number of esters is 2. The van der Waals surface area contributed by atoms with Crippen LogP contribution in [-0.4, -0.2) is 52.3 Å². The number of hydrogen-bond donors (Lipinski definition) is 3. The summed E-state index contributed by atoms with van der Waals surface area (Å²) in [6.45, 7) is 5.52. The third kappa shape index (κ3) is 34.6. The van der Waals surface area contributed by atoms with Crippen LogP contribution in [-0.2, 0) is 28.2 Å². The summed E-state index contributed by atoms with van der Waals surface area (Å²) in [6.07, 6.45) is 34.3. The van der Waals surface area contributed by atoms with Gasteiger partial charge in [0.15, 0.2) is 6.10 Å². The van der Waals surface area contributed by atoms with E-state index in [-0.39, 0.29) is 19.3 Å². The van der Waals surface area contributed by atoms with E-state index in [0.29, 0.717) is 12.3 Å². The molecule has 0 saturated carbocycles. The van der Waals surface area contributed by atoms with Gasteiger partial charge < -0.3 is 24.4 Å². The molecule has 0 aliphatic heterocycles. The molecule has 0 rings (SSSR count). The number of aliphatic hydroxyl groups is 1. The lowest BCUT2D eigenvalue weighted by atomic mass is 10.0. The molecule has 268 valence electrons. The summed E-state index contributed by atoms with van der Waals surface area (Å²) < 4.78 is 26.0. The monoisotopic (exact) mass is 680 g/mol. The SMILES string of the molecule is CC/C=C\C/C=C\C/C=C\C/C=C\C/C=C\C=C/C(O)CCC(=O)OC[C@H](COP(=O)(O)O)OC(=O)CCCCCCCCC(C)C. The summed E-state index contributed by atoms with van der Waals surface area (Å²) in [5, 5.41) is 10.1. The van der Waals surface area contributed by atoms with Gasteiger partial charge in [-0.1, -0.05) is 132 Å². The molecule has 10 heteroatoms. The van der Waals surface area contributed by atoms with Crippen molar-refractivity contribution in [2.45, 2.75) is 129 Å². The van der Waals surface area contributed by atoms with E-state index >= 15 is 0 Å². The van der Waals surface area contributed by atoms with Crippen LogP contribution in [0.1, 0.15) is 117 Å². The highest BCUT2D eigenvalue weighted by atomic mass is 31.2. The summed E-state index contributed by atoms with van der Waals surface area (Å²) in [7, 11) is -4.80. The molecule has 9 nitrogen and oxygen atoms in total. The molecule has 0 aromatic carbocycles. The Hall–Kier alpha value is -2.55. The number of carbonyl (C=O) groups excluding carboxylic acids is 2. The molecule has 1 unspecified atom stereocenters. The Morgan fingerprint density at radius 3 is 1.81 bits per heavy atom. The topological polar surface area (TPSA) is 140 Å². The van der Waals surface area contributed by atoms with Crippen LogP contribution in [0.25, 0.3) is 0 Å². The van der Waals surface area contributed by atoms with Crippen molar-refractivity contribution in [1.82, 2.24) is 0 Å². The molecule has 47 heavy (non-hydrogen) atoms. The van der Waals surface area contributed by atoms with Crippen LogP contribution >= 0.6 is 7.82 Å². The number of phosphoric ester groups is 1. The van der Waals surface area contributed by atoms with Gasteiger partial charge in [0.25, 0.3) is 0 Å². The zero-order valence-corrected chi connectivity index (χ0v) is 29.8. The van der Waals surface area contributed by atoms with Crippen molar-refractivity contribution in [1.29, 1.82) is 0 Å². The lowest BCUT2D eigenvalue weighted by molar-refractivity contribution is -0.161. The number of hydrogen-bond acceptors (Lipinski definition) is 7. The lowest BCUT2D eigenvalue weighted by Gasteiger charge is -2.18. The molecular weight excluding hydrogens is 619 g/mol. The standard InChI is InChI=1S/C37H61O9P/c1-4-5-6-7-8-9-10-11-12-13-14-15-16-17-21-24-27-34(38)29-30-36(39)44-31-35(32-45-47(41,42)43)46-37(40)28-25-22-19-18-20-23-26-33(2)3/h5-6,8-9,11-12,14-15,17,21,24,27,33-35,38H,4,7,10,13,16,18-20,22-23,25-26,28-32H2,1-3H3,(H2,41,42,43)/b6-5-,9-8-,12-11-,15-14-,21-17-,27-24-/t34?,35-/m1/s1. The Morgan fingerprint density at radius 2 is 1.23 bits per heavy atom. The predicted octanol–water partition coefficient (Wildman–Crippen LogP) is 8.78. The second-order valence-corrected chi connectivity index (χ2v) is 13.0. The molecule has 0 bridgehead atoms. The van der Waals surface area contributed by atoms with E-state index < -0.39 is 45.2 Å². The van der Waals surface area contributed by atoms with Crippen molar-refractivity contribution in [3.63, 3.8) is 0 Å². The molecule has 0 fully saturated rings. The van der Waals surface area contributed by atoms with Gasteiger partial charge in [-0.15, -0.1) is 0 Å². The van der Waals surface area contributed by atoms with E-state index in [9.17, 15) is 19.3 Å². The molecule has 0 aliphatic carbocycles. The maximum Gasteiger partial charge on any atom is 0.469 e. The van der Waals surface area contributed by atoms with Gasteiger partial charge in [-0.05, 0) is 50.9 Å². The fraction of sp³-hybridized carbons (Fsp3) is 0.622. The smallest absolute Gasteiger partial charge is 0.462 e. The Morgan fingerprint density at radius 1 is 0.681 bits per heavy atom. The first-order valence-corrected chi connectivity index (χ1v) is 18.7. The molecule has 0 heterocycles. The molecule has 0 radical (unpaired) electrons. The van der Waals surface area contributed by atoms with Crippen LogP contribution in [0, 0.1) is 5.92 Å². The highest BCUT2D eigenvalue weighted by Crippen LogP contribution is 2.35. The van der Waals surface area contributed by atoms with E-state index in [1.807, 2.05) is 12.2 Å². The average molecular weight is 681 g/mol. The summed E-state index contributed by atoms with van der Waals surface area (Å²) in [5.74, 6) is -0.473. The Balaban J connectivity index is 4.28. The van der Waals surface area contributed by atoms with Crippen molar-refractivity contribution in [2.75, 3.05) is 13.2 Å². The van der Waals surface area contributed by atoms with Gasteiger partial charge in [0.2, 0.25) is 0 Å². The van der Waals surface area contributed by atoms with Crippen LogP contribution < -0.4 is 0 Å². The van der Waals surface area contributed by atoms with E-state index in [0.717, 1.165) is 51.4 Å². The minimum Gasteiger partial charge on any atom is -0.462 e. The maximum atomic E-state index is 12.3. The third-order valence-corrected chi connectivity index (χ3v) is 7.27. The molecule has 0 aliphatic rings. The van der Waals surface area contributed by atoms with Crippen LogP contribution in [0.5, 0.6) is 0 Å². The van der Waals surface area contributed by atoms with Crippen molar-refractivity contribution in [3.8, 4) is 0 Å². The van der Waals surface area contributed by atoms with Gasteiger partial charge >= 0.3 is 19.8 Å². The molecule has 0 aromatic rings. The van der Waals surface area contributed by atoms with Gasteiger partial charge in [-0.2, -0.15) is 0 Å². The number of rotatable bonds is 29. The van der Waals surface area contributed by atoms with Crippen molar-refractivity contribution in [2.24, 2.45) is 5.92 Å². The Bertz CT molecular complexity index is 1020. The Kier molecular flexibility index (Phi) is 29.1. The second kappa shape index (κ2) is 30.8. The fourth-order valence-corrected chi connectivity index (χ4v) is 4.55. The van der Waals surface area contributed by atoms with E-state index in [1.165, 1.54) is 19.3 Å². The number of carbonyl (C=O) groups is 2. The lowest BCUT2D eigenvalue weighted by Crippen LogP contribution is -2.29. The van der Waals surface area contributed by atoms with Crippen molar-refractivity contribution < 1.29 is 43.0 Å². The average Bonchev–Trinajstić information content (AvgIpc) is 3.01. The summed E-state index contributed by atoms with van der Waals surface area (Å²) >= 11 is 0. The first-order valence-electron chi connectivity index (χ1n) is 17.2. The Labute approximate surface area is 283 Å². The first kappa shape index (κ1) is 44.5. The fourth-order valence-electron chi connectivity index (χ4n) is 4.19. The predicted molar refractivity (Wildman–Crippen MR) is 189 cm³/mol. The van der Waals surface area contributed by atoms with Gasteiger partial charge in [0.1, 0.15) is 6.61 Å². The molecule has 0 spiro atoms. The number of phosphoric acid groups is 1. The van der Waals surface area contributed by atoms with Gasteiger partial charge in [0, 0.05) is 12.8 Å². The van der Waals surface area contributed by atoms with E-state index in [4.69, 9.17) is 19.3 Å². The van der Waals surface area contributed by atoms with E-state index in [1.54, 1.807) is 12.2 Å². The van der Waals surface area contributed by atoms with Gasteiger partial charge in [-0.3, -0.25) is 14.1 Å². The quantitative estimate of drug-likeness (QED) is 0.0233. The minimum atomic E-state index is -4.80. The van der Waals surface area contributed by atoms with Gasteiger partial charge in [0.05, 0.1) is 12.7 Å². The molecule has 0 aromatic heterocycles. The van der Waals surface area contributed by atoms with Crippen LogP contribution in [0.2, 0.25) is 0 Å². The number of allylic oxidation sites excluding steroid dienone is 11. The highest BCUT2D eigenvalue weighted by Gasteiger charge is 2.23. The number of unbranched alkanes of at least 4 members (excludes halogenated alkanes) is 5. The first-order chi connectivity index (χ1) is 22.5. The number of aliphatic hydroxyl groups excluding tert-OH is 1. The minimum absolute atomic E-state index is 0.0889. The van der Waals surface area contributed by atoms with Crippen molar-refractivity contribution >= 4 is 19.8 Å². The normalized spacial score (nSPS) is 14.2. The number of ether oxygens (including phenoxy) is 2. The molecular formula is C37H61O9P. The highest BCUT2D eigenvalue weighted by molar-refractivity contribution is 7.46.